The van der Waals surface area contributed by atoms with Crippen LogP contribution in [0.4, 0.5) is 0 Å². The number of fused-ring (bicyclic) bond motifs is 5. The second-order valence-corrected chi connectivity index (χ2v) is 15.4. The Morgan fingerprint density at radius 1 is 1.04 bits per heavy atom. The molecule has 10 nitrogen and oxygen atoms in total. The number of hydrogen-bond donors (Lipinski definition) is 5. The highest BCUT2D eigenvalue weighted by atomic mass is 31.0. The third-order valence-corrected chi connectivity index (χ3v) is 12.6. The average Bonchev–Trinajstić information content (AvgIpc) is 3.06. The largest absolute Gasteiger partial charge is 0.456 e. The molecule has 258 valence electrons. The number of ether oxygens (including phenoxy) is 2. The van der Waals surface area contributed by atoms with Crippen molar-refractivity contribution in [1.29, 1.82) is 0 Å². The van der Waals surface area contributed by atoms with E-state index < -0.39 is 82.2 Å². The molecule has 2 aromatic carbocycles. The van der Waals surface area contributed by atoms with Gasteiger partial charge in [0.1, 0.15) is 23.9 Å². The lowest BCUT2D eigenvalue weighted by Gasteiger charge is -2.67. The minimum Gasteiger partial charge on any atom is -0.456 e. The molecule has 1 aliphatic heterocycles. The highest BCUT2D eigenvalue weighted by molar-refractivity contribution is 7.42. The quantitative estimate of drug-likeness (QED) is 0.134. The Kier molecular flexibility index (Phi) is 8.90. The molecule has 0 radical (unpaired) electrons. The first kappa shape index (κ1) is 35.0. The fourth-order valence-electron chi connectivity index (χ4n) is 9.26. The molecule has 0 spiro atoms. The van der Waals surface area contributed by atoms with E-state index in [9.17, 15) is 35.1 Å². The molecule has 10 unspecified atom stereocenters. The number of nitrogens with zero attached hydrogens (tertiary/aromatic N) is 1. The van der Waals surface area contributed by atoms with Gasteiger partial charge in [0, 0.05) is 24.2 Å². The van der Waals surface area contributed by atoms with E-state index in [0.717, 1.165) is 5.56 Å². The Morgan fingerprint density at radius 3 is 2.23 bits per heavy atom. The fourth-order valence-corrected chi connectivity index (χ4v) is 9.62. The predicted octanol–water partition coefficient (Wildman–Crippen LogP) is 2.90. The number of aliphatic hydroxyl groups is 5. The van der Waals surface area contributed by atoms with Gasteiger partial charge in [-0.25, -0.2) is 4.79 Å². The number of benzene rings is 2. The van der Waals surface area contributed by atoms with Crippen molar-refractivity contribution in [3.8, 4) is 0 Å². The number of rotatable bonds is 6. The van der Waals surface area contributed by atoms with Crippen LogP contribution in [-0.2, 0) is 19.1 Å². The van der Waals surface area contributed by atoms with Crippen molar-refractivity contribution < 1.29 is 44.6 Å². The van der Waals surface area contributed by atoms with Crippen molar-refractivity contribution in [2.45, 2.75) is 95.2 Å². The summed E-state index contributed by atoms with van der Waals surface area (Å²) in [4.78, 5) is 32.9. The van der Waals surface area contributed by atoms with Crippen LogP contribution in [0.1, 0.15) is 64.6 Å². The molecule has 0 aromatic heterocycles. The van der Waals surface area contributed by atoms with Gasteiger partial charge in [-0.2, -0.15) is 0 Å². The molecular weight excluding hydrogens is 633 g/mol. The Bertz CT molecular complexity index is 1650. The minimum absolute atomic E-state index is 0.0139. The predicted molar refractivity (Wildman–Crippen MR) is 181 cm³/mol. The second kappa shape index (κ2) is 12.2. The maximum absolute atomic E-state index is 14.3. The summed E-state index contributed by atoms with van der Waals surface area (Å²) in [6.45, 7) is 8.32. The van der Waals surface area contributed by atoms with Gasteiger partial charge in [0.2, 0.25) is 0 Å². The van der Waals surface area contributed by atoms with Gasteiger partial charge in [0.05, 0.1) is 35.3 Å². The summed E-state index contributed by atoms with van der Waals surface area (Å²) < 4.78 is 11.6. The van der Waals surface area contributed by atoms with Crippen LogP contribution in [0.5, 0.6) is 0 Å². The molecule has 2 bridgehead atoms. The minimum atomic E-state index is -1.76. The molecule has 5 N–H and O–H groups in total. The Balaban J connectivity index is 1.39. The molecule has 1 heterocycles. The number of Topliss-reactive ketones (excluding diaryl/α,β-unsaturated/α-hetero) is 1. The summed E-state index contributed by atoms with van der Waals surface area (Å²) >= 11 is 0. The Hall–Kier alpha value is -2.82. The zero-order valence-electron chi connectivity index (χ0n) is 27.9. The number of esters is 1. The standard InChI is InChI=1S/C37H46NO9P/c1-19-23(47-33(43)29(41)27(21-12-8-6-9-13-21)38-32(48)22-14-10-7-11-15-22)17-37(45)20(2)30-35(5,24(39)16-25-36(30,44)18-46-25)31(42)28(40)26(19)34(37,3)4/h6-15,20,23-25,27-30,39-41,44-45H,16-18,48H2,1-5H3/t20-,23?,24?,25?,27?,28?,29?,30?,35+,36?,37?/m0/s1. The van der Waals surface area contributed by atoms with E-state index in [4.69, 9.17) is 14.5 Å². The number of hydrogen-bond acceptors (Lipinski definition) is 10. The van der Waals surface area contributed by atoms with Crippen LogP contribution in [-0.4, -0.2) is 91.1 Å². The van der Waals surface area contributed by atoms with Crippen molar-refractivity contribution in [3.63, 3.8) is 0 Å². The summed E-state index contributed by atoms with van der Waals surface area (Å²) in [6, 6.07) is 17.2. The lowest BCUT2D eigenvalue weighted by atomic mass is 9.43. The molecule has 2 aromatic rings. The summed E-state index contributed by atoms with van der Waals surface area (Å²) in [5.41, 5.74) is -3.62. The van der Waals surface area contributed by atoms with Gasteiger partial charge in [-0.1, -0.05) is 90.7 Å². The zero-order chi connectivity index (χ0) is 35.0. The molecule has 3 fully saturated rings. The molecule has 2 saturated carbocycles. The van der Waals surface area contributed by atoms with Crippen molar-refractivity contribution in [3.05, 3.63) is 82.9 Å². The highest BCUT2D eigenvalue weighted by Crippen LogP contribution is 2.64. The SMILES string of the molecule is CC1=C2C(O)C(=O)[C@]3(C)C(O)CC4OCC4(O)C3[C@H](C)C(O)(CC1OC(=O)C(O)C(N=C(P)c1ccccc1)c1ccccc1)C2(C)C. The van der Waals surface area contributed by atoms with Crippen LogP contribution in [0.15, 0.2) is 76.8 Å². The molecule has 12 atom stereocenters. The highest BCUT2D eigenvalue weighted by Gasteiger charge is 2.74. The molecule has 0 amide bonds. The van der Waals surface area contributed by atoms with Gasteiger partial charge >= 0.3 is 5.97 Å². The van der Waals surface area contributed by atoms with E-state index in [2.05, 4.69) is 9.24 Å². The van der Waals surface area contributed by atoms with Gasteiger partial charge in [0.25, 0.3) is 0 Å². The number of carbonyl (C=O) groups excluding carboxylic acids is 2. The molecule has 3 aliphatic carbocycles. The summed E-state index contributed by atoms with van der Waals surface area (Å²) in [6.07, 6.45) is -6.73. The number of ketones is 1. The molecule has 11 heteroatoms. The molecule has 6 rings (SSSR count). The van der Waals surface area contributed by atoms with Gasteiger partial charge < -0.3 is 35.0 Å². The smallest absolute Gasteiger partial charge is 0.338 e. The normalized spacial score (nSPS) is 38.8. The van der Waals surface area contributed by atoms with Gasteiger partial charge in [0.15, 0.2) is 11.9 Å². The van der Waals surface area contributed by atoms with Gasteiger partial charge in [-0.15, -0.1) is 0 Å². The maximum atomic E-state index is 14.3. The van der Waals surface area contributed by atoms with E-state index in [1.54, 1.807) is 58.9 Å². The van der Waals surface area contributed by atoms with Gasteiger partial charge in [-0.3, -0.25) is 9.79 Å². The van der Waals surface area contributed by atoms with E-state index in [-0.39, 0.29) is 25.0 Å². The van der Waals surface area contributed by atoms with Crippen LogP contribution in [0.2, 0.25) is 0 Å². The molecule has 48 heavy (non-hydrogen) atoms. The molecule has 4 aliphatic rings. The summed E-state index contributed by atoms with van der Waals surface area (Å²) in [5.74, 6) is -3.48. The van der Waals surface area contributed by atoms with Crippen LogP contribution >= 0.6 is 9.24 Å². The molecule has 1 saturated heterocycles. The zero-order valence-corrected chi connectivity index (χ0v) is 29.1. The first-order chi connectivity index (χ1) is 22.5. The van der Waals surface area contributed by atoms with Crippen LogP contribution in [0.3, 0.4) is 0 Å². The van der Waals surface area contributed by atoms with Crippen molar-refractivity contribution in [1.82, 2.24) is 0 Å². The van der Waals surface area contributed by atoms with Crippen molar-refractivity contribution >= 4 is 26.4 Å². The third kappa shape index (κ3) is 5.06. The van der Waals surface area contributed by atoms with E-state index in [0.29, 0.717) is 16.6 Å². The van der Waals surface area contributed by atoms with Crippen LogP contribution < -0.4 is 0 Å². The summed E-state index contributed by atoms with van der Waals surface area (Å²) in [7, 11) is 2.55. The lowest BCUT2D eigenvalue weighted by Crippen LogP contribution is -2.78. The topological polar surface area (TPSA) is 166 Å². The lowest BCUT2D eigenvalue weighted by molar-refractivity contribution is -0.335. The van der Waals surface area contributed by atoms with Crippen molar-refractivity contribution in [2.75, 3.05) is 6.61 Å². The Morgan fingerprint density at radius 2 is 1.65 bits per heavy atom. The number of aliphatic hydroxyl groups excluding tert-OH is 3. The van der Waals surface area contributed by atoms with Crippen LogP contribution in [0, 0.1) is 22.7 Å². The first-order valence-electron chi connectivity index (χ1n) is 16.5. The fraction of sp³-hybridized carbons (Fsp3) is 0.541. The Labute approximate surface area is 283 Å². The average molecular weight is 680 g/mol. The van der Waals surface area contributed by atoms with Crippen molar-refractivity contribution in [2.24, 2.45) is 27.7 Å². The molecular formula is C37H46NO9P. The number of aliphatic imine (C=N–C) groups is 1. The number of carbonyl (C=O) groups is 2. The van der Waals surface area contributed by atoms with Gasteiger partial charge in [-0.05, 0) is 42.0 Å². The monoisotopic (exact) mass is 679 g/mol. The van der Waals surface area contributed by atoms with E-state index >= 15 is 0 Å². The third-order valence-electron chi connectivity index (χ3n) is 12.1. The van der Waals surface area contributed by atoms with Crippen LogP contribution in [0.25, 0.3) is 0 Å². The summed E-state index contributed by atoms with van der Waals surface area (Å²) in [5, 5.41) is 59.4. The van der Waals surface area contributed by atoms with E-state index in [1.807, 2.05) is 36.4 Å². The van der Waals surface area contributed by atoms with E-state index in [1.165, 1.54) is 0 Å². The first-order valence-corrected chi connectivity index (χ1v) is 17.1. The second-order valence-electron chi connectivity index (χ2n) is 14.8. The maximum Gasteiger partial charge on any atom is 0.338 e.